The summed E-state index contributed by atoms with van der Waals surface area (Å²) in [6.45, 7) is 2.52. The van der Waals surface area contributed by atoms with Crippen molar-refractivity contribution in [2.75, 3.05) is 13.1 Å². The lowest BCUT2D eigenvalue weighted by Gasteiger charge is -2.27. The third kappa shape index (κ3) is 3.89. The monoisotopic (exact) mass is 318 g/mol. The zero-order chi connectivity index (χ0) is 16.4. The first kappa shape index (κ1) is 16.0. The molecule has 1 heterocycles. The Balaban J connectivity index is 1.66. The van der Waals surface area contributed by atoms with E-state index in [4.69, 9.17) is 0 Å². The molecule has 3 rings (SSSR count). The first-order valence-electron chi connectivity index (χ1n) is 8.38. The molecule has 23 heavy (non-hydrogen) atoms. The Bertz CT molecular complexity index is 613. The summed E-state index contributed by atoms with van der Waals surface area (Å²) in [7, 11) is 0. The fraction of sp³-hybridized carbons (Fsp3) is 0.556. The van der Waals surface area contributed by atoms with Gasteiger partial charge in [0.05, 0.1) is 12.6 Å². The quantitative estimate of drug-likeness (QED) is 0.907. The summed E-state index contributed by atoms with van der Waals surface area (Å²) in [5, 5.41) is 3.05. The molecular formula is C18H23FN2O2. The Morgan fingerprint density at radius 2 is 2.17 bits per heavy atom. The van der Waals surface area contributed by atoms with Crippen molar-refractivity contribution in [2.45, 2.75) is 45.1 Å². The van der Waals surface area contributed by atoms with Gasteiger partial charge >= 0.3 is 0 Å². The molecule has 2 fully saturated rings. The number of hydrogen-bond acceptors (Lipinski definition) is 2. The molecule has 1 atom stereocenters. The van der Waals surface area contributed by atoms with Gasteiger partial charge in [-0.25, -0.2) is 4.39 Å². The number of halogens is 1. The number of carbonyl (C=O) groups excluding carboxylic acids is 2. The summed E-state index contributed by atoms with van der Waals surface area (Å²) in [6, 6.07) is 4.93. The Morgan fingerprint density at radius 3 is 2.83 bits per heavy atom. The van der Waals surface area contributed by atoms with Crippen molar-refractivity contribution < 1.29 is 14.0 Å². The van der Waals surface area contributed by atoms with Crippen molar-refractivity contribution >= 4 is 11.8 Å². The van der Waals surface area contributed by atoms with Crippen LogP contribution in [-0.2, 0) is 9.59 Å². The number of carbonyl (C=O) groups is 2. The van der Waals surface area contributed by atoms with Gasteiger partial charge in [0, 0.05) is 13.0 Å². The Labute approximate surface area is 136 Å². The molecule has 0 bridgehead atoms. The number of nitrogens with zero attached hydrogens (tertiary/aromatic N) is 1. The number of rotatable bonds is 5. The van der Waals surface area contributed by atoms with Crippen LogP contribution in [0.25, 0.3) is 0 Å². The van der Waals surface area contributed by atoms with Gasteiger partial charge in [0.15, 0.2) is 0 Å². The molecule has 1 saturated heterocycles. The molecule has 1 aromatic carbocycles. The van der Waals surface area contributed by atoms with Crippen molar-refractivity contribution in [3.8, 4) is 0 Å². The fourth-order valence-electron chi connectivity index (χ4n) is 3.19. The van der Waals surface area contributed by atoms with Gasteiger partial charge < -0.3 is 10.2 Å². The Kier molecular flexibility index (Phi) is 4.64. The van der Waals surface area contributed by atoms with Crippen molar-refractivity contribution in [3.63, 3.8) is 0 Å². The topological polar surface area (TPSA) is 49.4 Å². The number of benzene rings is 1. The van der Waals surface area contributed by atoms with Crippen LogP contribution in [0.15, 0.2) is 18.2 Å². The molecule has 2 aliphatic rings. The van der Waals surface area contributed by atoms with Crippen molar-refractivity contribution in [1.29, 1.82) is 0 Å². The minimum absolute atomic E-state index is 0.0620. The third-order valence-corrected chi connectivity index (χ3v) is 4.71. The number of aryl methyl sites for hydroxylation is 1. The van der Waals surface area contributed by atoms with Gasteiger partial charge in [0.1, 0.15) is 5.82 Å². The number of hydrogen-bond donors (Lipinski definition) is 1. The lowest BCUT2D eigenvalue weighted by atomic mass is 10.00. The molecule has 124 valence electrons. The van der Waals surface area contributed by atoms with Crippen molar-refractivity contribution in [3.05, 3.63) is 35.1 Å². The molecule has 0 spiro atoms. The number of nitrogens with one attached hydrogen (secondary N) is 1. The Hall–Kier alpha value is -1.91. The fourth-order valence-corrected chi connectivity index (χ4v) is 3.19. The minimum atomic E-state index is -0.228. The van der Waals surface area contributed by atoms with Gasteiger partial charge in [0.25, 0.3) is 0 Å². The maximum atomic E-state index is 13.5. The summed E-state index contributed by atoms with van der Waals surface area (Å²) in [4.78, 5) is 25.8. The van der Waals surface area contributed by atoms with Crippen LogP contribution in [0.1, 0.15) is 49.3 Å². The molecule has 1 aliphatic heterocycles. The van der Waals surface area contributed by atoms with E-state index in [1.807, 2.05) is 6.07 Å². The van der Waals surface area contributed by atoms with Gasteiger partial charge in [-0.2, -0.15) is 0 Å². The second-order valence-electron chi connectivity index (χ2n) is 6.66. The SMILES string of the molecule is Cc1cc([C@@H](NC(=O)CN2CCCCC2=O)C2CC2)ccc1F. The highest BCUT2D eigenvalue weighted by molar-refractivity contribution is 5.85. The molecular weight excluding hydrogens is 295 g/mol. The van der Waals surface area contributed by atoms with E-state index < -0.39 is 0 Å². The van der Waals surface area contributed by atoms with E-state index in [1.165, 1.54) is 6.07 Å². The second kappa shape index (κ2) is 6.69. The van der Waals surface area contributed by atoms with E-state index in [2.05, 4.69) is 5.32 Å². The average molecular weight is 318 g/mol. The summed E-state index contributed by atoms with van der Waals surface area (Å²) >= 11 is 0. The predicted molar refractivity (Wildman–Crippen MR) is 85.2 cm³/mol. The van der Waals surface area contributed by atoms with Gasteiger partial charge in [-0.15, -0.1) is 0 Å². The molecule has 1 aromatic rings. The molecule has 5 heteroatoms. The molecule has 0 unspecified atom stereocenters. The first-order valence-corrected chi connectivity index (χ1v) is 8.38. The van der Waals surface area contributed by atoms with Crippen LogP contribution in [0.5, 0.6) is 0 Å². The highest BCUT2D eigenvalue weighted by Crippen LogP contribution is 2.41. The number of amides is 2. The summed E-state index contributed by atoms with van der Waals surface area (Å²) in [5.74, 6) is 0.125. The largest absolute Gasteiger partial charge is 0.347 e. The van der Waals surface area contributed by atoms with Crippen molar-refractivity contribution in [2.24, 2.45) is 5.92 Å². The van der Waals surface area contributed by atoms with E-state index in [9.17, 15) is 14.0 Å². The maximum absolute atomic E-state index is 13.5. The van der Waals surface area contributed by atoms with Crippen LogP contribution >= 0.6 is 0 Å². The highest BCUT2D eigenvalue weighted by Gasteiger charge is 2.34. The number of likely N-dealkylation sites (tertiary alicyclic amines) is 1. The maximum Gasteiger partial charge on any atom is 0.240 e. The van der Waals surface area contributed by atoms with Crippen LogP contribution in [-0.4, -0.2) is 29.8 Å². The molecule has 1 N–H and O–H groups in total. The second-order valence-corrected chi connectivity index (χ2v) is 6.66. The Morgan fingerprint density at radius 1 is 1.39 bits per heavy atom. The smallest absolute Gasteiger partial charge is 0.240 e. The van der Waals surface area contributed by atoms with Crippen LogP contribution in [0.2, 0.25) is 0 Å². The van der Waals surface area contributed by atoms with Gasteiger partial charge in [-0.3, -0.25) is 9.59 Å². The third-order valence-electron chi connectivity index (χ3n) is 4.71. The van der Waals surface area contributed by atoms with E-state index in [0.717, 1.165) is 31.2 Å². The van der Waals surface area contributed by atoms with Gasteiger partial charge in [-0.1, -0.05) is 12.1 Å². The van der Waals surface area contributed by atoms with Crippen LogP contribution in [0, 0.1) is 18.7 Å². The minimum Gasteiger partial charge on any atom is -0.347 e. The zero-order valence-electron chi connectivity index (χ0n) is 13.5. The molecule has 1 aliphatic carbocycles. The summed E-state index contributed by atoms with van der Waals surface area (Å²) in [6.07, 6.45) is 4.56. The zero-order valence-corrected chi connectivity index (χ0v) is 13.5. The van der Waals surface area contributed by atoms with E-state index in [0.29, 0.717) is 24.4 Å². The van der Waals surface area contributed by atoms with E-state index >= 15 is 0 Å². The standard InChI is InChI=1S/C18H23FN2O2/c1-12-10-14(7-8-15(12)19)18(13-5-6-13)20-16(22)11-21-9-3-2-4-17(21)23/h7-8,10,13,18H,2-6,9,11H2,1H3,(H,20,22)/t18-/m0/s1. The molecule has 1 saturated carbocycles. The average Bonchev–Trinajstić information content (AvgIpc) is 3.35. The van der Waals surface area contributed by atoms with Crippen LogP contribution < -0.4 is 5.32 Å². The van der Waals surface area contributed by atoms with Crippen LogP contribution in [0.3, 0.4) is 0 Å². The molecule has 2 amide bonds. The normalized spacial score (nSPS) is 19.6. The summed E-state index contributed by atoms with van der Waals surface area (Å²) < 4.78 is 13.5. The highest BCUT2D eigenvalue weighted by atomic mass is 19.1. The lowest BCUT2D eigenvalue weighted by Crippen LogP contribution is -2.44. The summed E-state index contributed by atoms with van der Waals surface area (Å²) in [5.41, 5.74) is 1.54. The van der Waals surface area contributed by atoms with Gasteiger partial charge in [0.2, 0.25) is 11.8 Å². The van der Waals surface area contributed by atoms with E-state index in [-0.39, 0.29) is 30.2 Å². The van der Waals surface area contributed by atoms with E-state index in [1.54, 1.807) is 17.9 Å². The molecule has 0 aromatic heterocycles. The van der Waals surface area contributed by atoms with Crippen molar-refractivity contribution in [1.82, 2.24) is 10.2 Å². The number of piperidine rings is 1. The molecule has 0 radical (unpaired) electrons. The first-order chi connectivity index (χ1) is 11.0. The lowest BCUT2D eigenvalue weighted by molar-refractivity contribution is -0.138. The van der Waals surface area contributed by atoms with Crippen LogP contribution in [0.4, 0.5) is 4.39 Å². The predicted octanol–water partition coefficient (Wildman–Crippen LogP) is 2.71. The molecule has 4 nitrogen and oxygen atoms in total. The van der Waals surface area contributed by atoms with Gasteiger partial charge in [-0.05, 0) is 55.7 Å².